The maximum Gasteiger partial charge on any atom is 0.264 e. The van der Waals surface area contributed by atoms with Gasteiger partial charge in [-0.05, 0) is 42.4 Å². The maximum atomic E-state index is 13.5. The molecule has 210 valence electrons. The molecule has 3 aliphatic heterocycles. The van der Waals surface area contributed by atoms with Crippen molar-refractivity contribution in [2.45, 2.75) is 45.3 Å². The zero-order chi connectivity index (χ0) is 28.4. The van der Waals surface area contributed by atoms with E-state index < -0.39 is 29.7 Å². The number of carbonyl (C=O) groups excluding carboxylic acids is 5. The van der Waals surface area contributed by atoms with E-state index in [4.69, 9.17) is 4.74 Å². The molecule has 0 saturated carbocycles. The van der Waals surface area contributed by atoms with Crippen LogP contribution in [0.1, 0.15) is 58.9 Å². The highest BCUT2D eigenvalue weighted by Crippen LogP contribution is 2.38. The fraction of sp³-hybridized carbons (Fsp3) is 0.433. The molecule has 3 aliphatic rings. The summed E-state index contributed by atoms with van der Waals surface area (Å²) < 4.78 is 5.62. The molecule has 10 heteroatoms. The summed E-state index contributed by atoms with van der Waals surface area (Å²) >= 11 is 0. The van der Waals surface area contributed by atoms with Gasteiger partial charge >= 0.3 is 0 Å². The Morgan fingerprint density at radius 3 is 2.45 bits per heavy atom. The number of nitrogens with one attached hydrogen (secondary N) is 1. The van der Waals surface area contributed by atoms with Crippen LogP contribution < -0.4 is 10.2 Å². The standard InChI is InChI=1S/C30H34N4O6/c1-30(19-32(2)25(36)18-40-17-20-7-4-3-5-8-20)13-15-33(16-14-30)22-10-6-9-21-26(22)29(39)34(28(21)38)23-11-12-24(35)31-27(23)37/h3-10,23H,11-19H2,1-2H3,(H,31,35,37). The van der Waals surface area contributed by atoms with Crippen molar-refractivity contribution in [2.24, 2.45) is 5.41 Å². The number of anilines is 1. The predicted molar refractivity (Wildman–Crippen MR) is 146 cm³/mol. The van der Waals surface area contributed by atoms with E-state index in [0.717, 1.165) is 23.3 Å². The van der Waals surface area contributed by atoms with Crippen molar-refractivity contribution in [3.05, 3.63) is 65.2 Å². The zero-order valence-electron chi connectivity index (χ0n) is 22.9. The Kier molecular flexibility index (Phi) is 7.71. The quantitative estimate of drug-likeness (QED) is 0.506. The number of imide groups is 2. The second-order valence-electron chi connectivity index (χ2n) is 11.2. The number of amides is 5. The summed E-state index contributed by atoms with van der Waals surface area (Å²) in [6.45, 7) is 4.45. The first-order chi connectivity index (χ1) is 19.2. The van der Waals surface area contributed by atoms with Crippen molar-refractivity contribution in [1.29, 1.82) is 0 Å². The van der Waals surface area contributed by atoms with Crippen LogP contribution in [-0.2, 0) is 25.7 Å². The maximum absolute atomic E-state index is 13.5. The van der Waals surface area contributed by atoms with Crippen LogP contribution in [0.3, 0.4) is 0 Å². The third-order valence-corrected chi connectivity index (χ3v) is 8.14. The molecule has 2 aromatic rings. The molecule has 5 amide bonds. The number of hydrogen-bond donors (Lipinski definition) is 1. The Morgan fingerprint density at radius 1 is 1.02 bits per heavy atom. The summed E-state index contributed by atoms with van der Waals surface area (Å²) in [7, 11) is 1.80. The minimum Gasteiger partial charge on any atom is -0.371 e. The first kappa shape index (κ1) is 27.5. The van der Waals surface area contributed by atoms with Crippen molar-refractivity contribution in [3.8, 4) is 0 Å². The topological polar surface area (TPSA) is 116 Å². The summed E-state index contributed by atoms with van der Waals surface area (Å²) in [5, 5.41) is 2.23. The van der Waals surface area contributed by atoms with Gasteiger partial charge in [-0.25, -0.2) is 0 Å². The molecule has 0 aromatic heterocycles. The molecule has 0 spiro atoms. The van der Waals surface area contributed by atoms with Gasteiger partial charge in [0.1, 0.15) is 12.6 Å². The third kappa shape index (κ3) is 5.49. The largest absolute Gasteiger partial charge is 0.371 e. The van der Waals surface area contributed by atoms with Gasteiger partial charge in [-0.1, -0.05) is 43.3 Å². The molecule has 0 radical (unpaired) electrons. The molecular weight excluding hydrogens is 512 g/mol. The van der Waals surface area contributed by atoms with E-state index in [1.54, 1.807) is 24.1 Å². The monoisotopic (exact) mass is 546 g/mol. The third-order valence-electron chi connectivity index (χ3n) is 8.14. The average molecular weight is 547 g/mol. The summed E-state index contributed by atoms with van der Waals surface area (Å²) in [5.74, 6) is -2.10. The second kappa shape index (κ2) is 11.2. The lowest BCUT2D eigenvalue weighted by molar-refractivity contribution is -0.137. The first-order valence-corrected chi connectivity index (χ1v) is 13.6. The zero-order valence-corrected chi connectivity index (χ0v) is 22.9. The summed E-state index contributed by atoms with van der Waals surface area (Å²) in [6.07, 6.45) is 1.78. The number of ether oxygens (including phenoxy) is 1. The highest BCUT2D eigenvalue weighted by Gasteiger charge is 2.46. The van der Waals surface area contributed by atoms with Crippen LogP contribution in [0.15, 0.2) is 48.5 Å². The van der Waals surface area contributed by atoms with Gasteiger partial charge in [0.05, 0.1) is 23.4 Å². The van der Waals surface area contributed by atoms with Crippen molar-refractivity contribution in [1.82, 2.24) is 15.1 Å². The summed E-state index contributed by atoms with van der Waals surface area (Å²) in [6, 6.07) is 13.9. The number of nitrogens with zero attached hydrogens (tertiary/aromatic N) is 3. The smallest absolute Gasteiger partial charge is 0.264 e. The van der Waals surface area contributed by atoms with Crippen LogP contribution in [0, 0.1) is 5.41 Å². The van der Waals surface area contributed by atoms with E-state index in [0.29, 0.717) is 37.5 Å². The van der Waals surface area contributed by atoms with Crippen molar-refractivity contribution in [2.75, 3.05) is 38.2 Å². The van der Waals surface area contributed by atoms with Crippen LogP contribution >= 0.6 is 0 Å². The second-order valence-corrected chi connectivity index (χ2v) is 11.2. The van der Waals surface area contributed by atoms with Crippen LogP contribution in [0.25, 0.3) is 0 Å². The van der Waals surface area contributed by atoms with Gasteiger partial charge in [-0.15, -0.1) is 0 Å². The van der Waals surface area contributed by atoms with Crippen molar-refractivity contribution >= 4 is 35.2 Å². The van der Waals surface area contributed by atoms with E-state index >= 15 is 0 Å². The average Bonchev–Trinajstić information content (AvgIpc) is 3.19. The van der Waals surface area contributed by atoms with E-state index in [-0.39, 0.29) is 36.3 Å². The van der Waals surface area contributed by atoms with Crippen LogP contribution in [0.2, 0.25) is 0 Å². The molecule has 2 saturated heterocycles. The number of hydrogen-bond acceptors (Lipinski definition) is 7. The SMILES string of the molecule is CN(CC1(C)CCN(c2cccc3c2C(=O)N(C2CCC(=O)NC2=O)C3=O)CC1)C(=O)COCc1ccccc1. The summed E-state index contributed by atoms with van der Waals surface area (Å²) in [4.78, 5) is 68.2. The molecule has 0 bridgehead atoms. The number of likely N-dealkylation sites (N-methyl/N-ethyl adjacent to an activating group) is 1. The van der Waals surface area contributed by atoms with E-state index in [1.165, 1.54) is 0 Å². The lowest BCUT2D eigenvalue weighted by Gasteiger charge is -2.42. The lowest BCUT2D eigenvalue weighted by Crippen LogP contribution is -2.54. The fourth-order valence-corrected chi connectivity index (χ4v) is 5.81. The molecule has 2 fully saturated rings. The molecule has 1 N–H and O–H groups in total. The van der Waals surface area contributed by atoms with Crippen LogP contribution in [-0.4, -0.2) is 78.7 Å². The van der Waals surface area contributed by atoms with Crippen molar-refractivity contribution in [3.63, 3.8) is 0 Å². The summed E-state index contributed by atoms with van der Waals surface area (Å²) in [5.41, 5.74) is 2.17. The van der Waals surface area contributed by atoms with Crippen LogP contribution in [0.5, 0.6) is 0 Å². The molecule has 3 heterocycles. The molecular formula is C30H34N4O6. The molecule has 5 rings (SSSR count). The van der Waals surface area contributed by atoms with E-state index in [9.17, 15) is 24.0 Å². The van der Waals surface area contributed by atoms with Gasteiger partial charge < -0.3 is 14.5 Å². The molecule has 2 aromatic carbocycles. The van der Waals surface area contributed by atoms with Gasteiger partial charge in [-0.2, -0.15) is 0 Å². The highest BCUT2D eigenvalue weighted by molar-refractivity contribution is 6.25. The number of fused-ring (bicyclic) bond motifs is 1. The lowest BCUT2D eigenvalue weighted by atomic mass is 9.79. The Balaban J connectivity index is 1.20. The normalized spacial score (nSPS) is 20.4. The molecule has 40 heavy (non-hydrogen) atoms. The minimum atomic E-state index is -0.993. The molecule has 0 aliphatic carbocycles. The first-order valence-electron chi connectivity index (χ1n) is 13.6. The Morgan fingerprint density at radius 2 is 1.75 bits per heavy atom. The molecule has 1 atom stereocenters. The molecule has 1 unspecified atom stereocenters. The van der Waals surface area contributed by atoms with Crippen LogP contribution in [0.4, 0.5) is 5.69 Å². The number of piperidine rings is 2. The number of carbonyl (C=O) groups is 5. The van der Waals surface area contributed by atoms with Gasteiger partial charge in [0, 0.05) is 33.1 Å². The van der Waals surface area contributed by atoms with Gasteiger partial charge in [0.2, 0.25) is 17.7 Å². The minimum absolute atomic E-state index is 0.0174. The number of rotatable bonds is 8. The van der Waals surface area contributed by atoms with Crippen molar-refractivity contribution < 1.29 is 28.7 Å². The fourth-order valence-electron chi connectivity index (χ4n) is 5.81. The highest BCUT2D eigenvalue weighted by atomic mass is 16.5. The van der Waals surface area contributed by atoms with Gasteiger partial charge in [0.25, 0.3) is 11.8 Å². The van der Waals surface area contributed by atoms with E-state index in [1.807, 2.05) is 36.4 Å². The number of benzene rings is 2. The Bertz CT molecular complexity index is 1330. The Hall–Kier alpha value is -4.05. The van der Waals surface area contributed by atoms with Gasteiger partial charge in [-0.3, -0.25) is 34.2 Å². The predicted octanol–water partition coefficient (Wildman–Crippen LogP) is 2.37. The molecule has 10 nitrogen and oxygen atoms in total. The van der Waals surface area contributed by atoms with E-state index in [2.05, 4.69) is 17.1 Å². The Labute approximate surface area is 233 Å². The van der Waals surface area contributed by atoms with Gasteiger partial charge in [0.15, 0.2) is 0 Å².